The Labute approximate surface area is 70.2 Å². The predicted octanol–water partition coefficient (Wildman–Crippen LogP) is 1.11. The summed E-state index contributed by atoms with van der Waals surface area (Å²) in [4.78, 5) is 1.17. The number of aryl methyl sites for hydroxylation is 2. The van der Waals surface area contributed by atoms with E-state index in [2.05, 4.69) is 10.2 Å². The number of aromatic nitrogens is 2. The number of aromatic amines is 1. The van der Waals surface area contributed by atoms with Crippen LogP contribution < -0.4 is 0 Å². The SMILES string of the molecule is Cc1n[nH]c(C)c1SCCO. The maximum Gasteiger partial charge on any atom is 0.0729 e. The molecule has 0 aliphatic rings. The standard InChI is InChI=1S/C7H12N2OS/c1-5-7(11-4-3-10)6(2)9-8-5/h10H,3-4H2,1-2H3,(H,8,9). The topological polar surface area (TPSA) is 48.9 Å². The van der Waals surface area contributed by atoms with E-state index in [9.17, 15) is 0 Å². The molecular formula is C7H12N2OS. The van der Waals surface area contributed by atoms with E-state index in [0.717, 1.165) is 17.1 Å². The van der Waals surface area contributed by atoms with Gasteiger partial charge in [0.15, 0.2) is 0 Å². The van der Waals surface area contributed by atoms with Crippen LogP contribution in [0.4, 0.5) is 0 Å². The number of rotatable bonds is 3. The number of aliphatic hydroxyl groups excluding tert-OH is 1. The maximum atomic E-state index is 8.60. The molecule has 11 heavy (non-hydrogen) atoms. The van der Waals surface area contributed by atoms with Crippen molar-refractivity contribution in [1.29, 1.82) is 0 Å². The van der Waals surface area contributed by atoms with Crippen LogP contribution >= 0.6 is 11.8 Å². The van der Waals surface area contributed by atoms with Crippen molar-refractivity contribution in [2.45, 2.75) is 18.7 Å². The van der Waals surface area contributed by atoms with Gasteiger partial charge in [0.1, 0.15) is 0 Å². The van der Waals surface area contributed by atoms with Crippen molar-refractivity contribution in [3.05, 3.63) is 11.4 Å². The monoisotopic (exact) mass is 172 g/mol. The van der Waals surface area contributed by atoms with E-state index < -0.39 is 0 Å². The molecule has 0 amide bonds. The number of hydrogen-bond acceptors (Lipinski definition) is 3. The molecule has 1 aromatic heterocycles. The van der Waals surface area contributed by atoms with Gasteiger partial charge in [-0.25, -0.2) is 0 Å². The number of nitrogens with zero attached hydrogens (tertiary/aromatic N) is 1. The molecule has 0 unspecified atom stereocenters. The van der Waals surface area contributed by atoms with Gasteiger partial charge in [-0.1, -0.05) is 0 Å². The Morgan fingerprint density at radius 3 is 2.73 bits per heavy atom. The molecule has 0 radical (unpaired) electrons. The van der Waals surface area contributed by atoms with Crippen molar-refractivity contribution in [3.8, 4) is 0 Å². The summed E-state index contributed by atoms with van der Waals surface area (Å²) in [6, 6.07) is 0. The second kappa shape index (κ2) is 3.78. The van der Waals surface area contributed by atoms with Crippen molar-refractivity contribution < 1.29 is 5.11 Å². The number of thioether (sulfide) groups is 1. The van der Waals surface area contributed by atoms with Gasteiger partial charge in [0.2, 0.25) is 0 Å². The Bertz CT molecular complexity index is 215. The fourth-order valence-corrected chi connectivity index (χ4v) is 1.71. The lowest BCUT2D eigenvalue weighted by Gasteiger charge is -1.96. The highest BCUT2D eigenvalue weighted by Gasteiger charge is 2.04. The summed E-state index contributed by atoms with van der Waals surface area (Å²) < 4.78 is 0. The summed E-state index contributed by atoms with van der Waals surface area (Å²) >= 11 is 1.64. The smallest absolute Gasteiger partial charge is 0.0729 e. The summed E-state index contributed by atoms with van der Waals surface area (Å²) in [6.07, 6.45) is 0. The molecule has 0 aromatic carbocycles. The van der Waals surface area contributed by atoms with Crippen LogP contribution in [0.2, 0.25) is 0 Å². The van der Waals surface area contributed by atoms with Crippen LogP contribution in [0, 0.1) is 13.8 Å². The number of nitrogens with one attached hydrogen (secondary N) is 1. The van der Waals surface area contributed by atoms with Gasteiger partial charge in [0, 0.05) is 11.4 Å². The average Bonchev–Trinajstić information content (AvgIpc) is 2.29. The first-order valence-corrected chi connectivity index (χ1v) is 4.49. The molecule has 0 saturated carbocycles. The van der Waals surface area contributed by atoms with Crippen LogP contribution in [-0.4, -0.2) is 27.7 Å². The Hall–Kier alpha value is -0.480. The van der Waals surface area contributed by atoms with E-state index in [4.69, 9.17) is 5.11 Å². The Balaban J connectivity index is 2.67. The predicted molar refractivity (Wildman–Crippen MR) is 45.9 cm³/mol. The molecule has 0 aliphatic carbocycles. The third-order valence-electron chi connectivity index (χ3n) is 1.40. The maximum absolute atomic E-state index is 8.60. The van der Waals surface area contributed by atoms with Crippen molar-refractivity contribution in [2.75, 3.05) is 12.4 Å². The summed E-state index contributed by atoms with van der Waals surface area (Å²) in [5.41, 5.74) is 2.10. The fourth-order valence-electron chi connectivity index (χ4n) is 0.901. The zero-order chi connectivity index (χ0) is 8.27. The molecule has 0 fully saturated rings. The van der Waals surface area contributed by atoms with Gasteiger partial charge in [-0.05, 0) is 13.8 Å². The summed E-state index contributed by atoms with van der Waals surface area (Å²) in [6.45, 7) is 4.16. The lowest BCUT2D eigenvalue weighted by molar-refractivity contribution is 0.322. The fraction of sp³-hybridized carbons (Fsp3) is 0.571. The first-order chi connectivity index (χ1) is 5.25. The van der Waals surface area contributed by atoms with Gasteiger partial charge in [0.05, 0.1) is 17.2 Å². The number of aliphatic hydroxyl groups is 1. The van der Waals surface area contributed by atoms with Crippen LogP contribution in [0.5, 0.6) is 0 Å². The Morgan fingerprint density at radius 2 is 2.27 bits per heavy atom. The molecule has 0 bridgehead atoms. The lowest BCUT2D eigenvalue weighted by atomic mass is 10.4. The second-order valence-corrected chi connectivity index (χ2v) is 3.44. The minimum Gasteiger partial charge on any atom is -0.396 e. The zero-order valence-electron chi connectivity index (χ0n) is 6.72. The summed E-state index contributed by atoms with van der Waals surface area (Å²) in [7, 11) is 0. The van der Waals surface area contributed by atoms with Gasteiger partial charge in [0.25, 0.3) is 0 Å². The second-order valence-electron chi connectivity index (χ2n) is 2.34. The molecule has 62 valence electrons. The van der Waals surface area contributed by atoms with Crippen LogP contribution in [0.15, 0.2) is 4.90 Å². The molecule has 4 heteroatoms. The third kappa shape index (κ3) is 1.97. The minimum absolute atomic E-state index is 0.217. The quantitative estimate of drug-likeness (QED) is 0.671. The highest BCUT2D eigenvalue weighted by Crippen LogP contribution is 2.23. The van der Waals surface area contributed by atoms with Crippen molar-refractivity contribution >= 4 is 11.8 Å². The van der Waals surface area contributed by atoms with Crippen LogP contribution in [-0.2, 0) is 0 Å². The van der Waals surface area contributed by atoms with Gasteiger partial charge < -0.3 is 5.11 Å². The van der Waals surface area contributed by atoms with E-state index in [1.807, 2.05) is 13.8 Å². The molecule has 3 nitrogen and oxygen atoms in total. The first-order valence-electron chi connectivity index (χ1n) is 3.51. The minimum atomic E-state index is 0.217. The highest BCUT2D eigenvalue weighted by atomic mass is 32.2. The molecule has 1 rings (SSSR count). The van der Waals surface area contributed by atoms with E-state index >= 15 is 0 Å². The normalized spacial score (nSPS) is 10.5. The Morgan fingerprint density at radius 1 is 1.55 bits per heavy atom. The summed E-state index contributed by atoms with van der Waals surface area (Å²) in [5, 5.41) is 15.5. The number of H-pyrrole nitrogens is 1. The molecule has 1 heterocycles. The molecule has 1 aromatic rings. The Kier molecular flexibility index (Phi) is 2.96. The van der Waals surface area contributed by atoms with Crippen LogP contribution in [0.3, 0.4) is 0 Å². The largest absolute Gasteiger partial charge is 0.396 e. The van der Waals surface area contributed by atoms with E-state index in [1.165, 1.54) is 4.90 Å². The molecule has 0 saturated heterocycles. The van der Waals surface area contributed by atoms with Crippen molar-refractivity contribution in [2.24, 2.45) is 0 Å². The van der Waals surface area contributed by atoms with Gasteiger partial charge in [-0.3, -0.25) is 5.10 Å². The first kappa shape index (κ1) is 8.62. The zero-order valence-corrected chi connectivity index (χ0v) is 7.53. The number of hydrogen-bond donors (Lipinski definition) is 2. The molecule has 2 N–H and O–H groups in total. The van der Waals surface area contributed by atoms with E-state index in [1.54, 1.807) is 11.8 Å². The highest BCUT2D eigenvalue weighted by molar-refractivity contribution is 7.99. The van der Waals surface area contributed by atoms with Crippen molar-refractivity contribution in [3.63, 3.8) is 0 Å². The lowest BCUT2D eigenvalue weighted by Crippen LogP contribution is -1.86. The van der Waals surface area contributed by atoms with Gasteiger partial charge >= 0.3 is 0 Å². The third-order valence-corrected chi connectivity index (χ3v) is 2.68. The molecule has 0 aliphatic heterocycles. The van der Waals surface area contributed by atoms with Crippen LogP contribution in [0.25, 0.3) is 0 Å². The van der Waals surface area contributed by atoms with Crippen molar-refractivity contribution in [1.82, 2.24) is 10.2 Å². The van der Waals surface area contributed by atoms with Gasteiger partial charge in [-0.2, -0.15) is 5.10 Å². The average molecular weight is 172 g/mol. The summed E-state index contributed by atoms with van der Waals surface area (Å²) in [5.74, 6) is 0.737. The van der Waals surface area contributed by atoms with E-state index in [-0.39, 0.29) is 6.61 Å². The molecular weight excluding hydrogens is 160 g/mol. The molecule has 0 atom stereocenters. The van der Waals surface area contributed by atoms with Crippen LogP contribution in [0.1, 0.15) is 11.4 Å². The van der Waals surface area contributed by atoms with Gasteiger partial charge in [-0.15, -0.1) is 11.8 Å². The van der Waals surface area contributed by atoms with E-state index in [0.29, 0.717) is 0 Å². The molecule has 0 spiro atoms.